The van der Waals surface area contributed by atoms with Gasteiger partial charge in [-0.25, -0.2) is 8.78 Å². The maximum Gasteiger partial charge on any atom is 0.260 e. The summed E-state index contributed by atoms with van der Waals surface area (Å²) in [6.45, 7) is 0.117. The number of alkyl halides is 2. The summed E-state index contributed by atoms with van der Waals surface area (Å²) in [6, 6.07) is -0.242. The molecular formula is C11H15F2N3O2S. The van der Waals surface area contributed by atoms with Gasteiger partial charge in [0.25, 0.3) is 5.91 Å². The number of nitrogens with one attached hydrogen (secondary N) is 3. The van der Waals surface area contributed by atoms with Gasteiger partial charge in [-0.1, -0.05) is 0 Å². The predicted octanol–water partition coefficient (Wildman–Crippen LogP) is 0.928. The first-order valence-corrected chi connectivity index (χ1v) is 6.44. The van der Waals surface area contributed by atoms with Gasteiger partial charge in [0.15, 0.2) is 11.0 Å². The molecule has 0 aromatic heterocycles. The maximum absolute atomic E-state index is 13.0. The zero-order valence-corrected chi connectivity index (χ0v) is 10.9. The molecule has 1 saturated carbocycles. The lowest BCUT2D eigenvalue weighted by atomic mass is 9.92. The van der Waals surface area contributed by atoms with E-state index in [4.69, 9.17) is 12.2 Å². The molecule has 4 N–H and O–H groups in total. The first-order chi connectivity index (χ1) is 8.87. The Morgan fingerprint density at radius 3 is 2.63 bits per heavy atom. The van der Waals surface area contributed by atoms with Crippen molar-refractivity contribution < 1.29 is 18.7 Å². The van der Waals surface area contributed by atoms with Crippen molar-refractivity contribution in [3.05, 3.63) is 11.5 Å². The van der Waals surface area contributed by atoms with Crippen LogP contribution in [0.25, 0.3) is 0 Å². The summed E-state index contributed by atoms with van der Waals surface area (Å²) in [7, 11) is 0. The van der Waals surface area contributed by atoms with Gasteiger partial charge >= 0.3 is 0 Å². The molecule has 8 heteroatoms. The summed E-state index contributed by atoms with van der Waals surface area (Å²) < 4.78 is 26.0. The van der Waals surface area contributed by atoms with Crippen molar-refractivity contribution in [1.29, 1.82) is 0 Å². The number of halogens is 2. The van der Waals surface area contributed by atoms with Crippen LogP contribution < -0.4 is 16.0 Å². The van der Waals surface area contributed by atoms with E-state index < -0.39 is 11.8 Å². The Hall–Kier alpha value is -1.44. The Bertz CT molecular complexity index is 430. The van der Waals surface area contributed by atoms with E-state index in [-0.39, 0.29) is 54.8 Å². The topological polar surface area (TPSA) is 73.4 Å². The molecule has 19 heavy (non-hydrogen) atoms. The Kier molecular flexibility index (Phi) is 3.88. The number of carbonyl (C=O) groups excluding carboxylic acids is 1. The molecule has 0 aromatic rings. The van der Waals surface area contributed by atoms with Crippen molar-refractivity contribution in [1.82, 2.24) is 16.0 Å². The van der Waals surface area contributed by atoms with E-state index in [1.165, 1.54) is 0 Å². The monoisotopic (exact) mass is 291 g/mol. The van der Waals surface area contributed by atoms with Crippen molar-refractivity contribution in [2.75, 3.05) is 6.54 Å². The second-order valence-corrected chi connectivity index (χ2v) is 5.15. The molecule has 106 valence electrons. The number of carbonyl (C=O) groups is 1. The second-order valence-electron chi connectivity index (χ2n) is 4.74. The third kappa shape index (κ3) is 3.52. The third-order valence-electron chi connectivity index (χ3n) is 3.27. The van der Waals surface area contributed by atoms with Crippen LogP contribution in [0, 0.1) is 0 Å². The molecule has 0 atom stereocenters. The van der Waals surface area contributed by atoms with Crippen LogP contribution in [0.5, 0.6) is 0 Å². The highest BCUT2D eigenvalue weighted by Gasteiger charge is 2.35. The minimum Gasteiger partial charge on any atom is -0.494 e. The average molecular weight is 291 g/mol. The molecule has 5 nitrogen and oxygen atoms in total. The molecule has 0 spiro atoms. The summed E-state index contributed by atoms with van der Waals surface area (Å²) in [5, 5.41) is 17.9. The molecule has 1 saturated heterocycles. The molecule has 1 aliphatic carbocycles. The molecule has 2 fully saturated rings. The van der Waals surface area contributed by atoms with Gasteiger partial charge in [-0.2, -0.15) is 0 Å². The molecule has 0 bridgehead atoms. The number of thiocarbonyl (C=S) groups is 1. The van der Waals surface area contributed by atoms with Crippen LogP contribution in [0.1, 0.15) is 25.7 Å². The Morgan fingerprint density at radius 2 is 2.05 bits per heavy atom. The van der Waals surface area contributed by atoms with Crippen molar-refractivity contribution in [2.45, 2.75) is 37.6 Å². The molecular weight excluding hydrogens is 276 g/mol. The van der Waals surface area contributed by atoms with Gasteiger partial charge in [0.1, 0.15) is 0 Å². The summed E-state index contributed by atoms with van der Waals surface area (Å²) >= 11 is 4.76. The highest BCUT2D eigenvalue weighted by atomic mass is 32.1. The van der Waals surface area contributed by atoms with E-state index in [1.54, 1.807) is 0 Å². The number of amides is 1. The largest absolute Gasteiger partial charge is 0.494 e. The van der Waals surface area contributed by atoms with Gasteiger partial charge in [0.05, 0.1) is 12.1 Å². The predicted molar refractivity (Wildman–Crippen MR) is 68.7 cm³/mol. The number of aliphatic hydroxyl groups is 1. The van der Waals surface area contributed by atoms with Gasteiger partial charge in [-0.05, 0) is 25.1 Å². The van der Waals surface area contributed by atoms with Gasteiger partial charge in [-0.3, -0.25) is 10.1 Å². The van der Waals surface area contributed by atoms with Crippen molar-refractivity contribution in [3.8, 4) is 0 Å². The smallest absolute Gasteiger partial charge is 0.260 e. The lowest BCUT2D eigenvalue weighted by molar-refractivity contribution is -0.116. The molecule has 0 radical (unpaired) electrons. The van der Waals surface area contributed by atoms with Gasteiger partial charge in [-0.15, -0.1) is 0 Å². The fraction of sp³-hybridized carbons (Fsp3) is 0.636. The lowest BCUT2D eigenvalue weighted by Crippen LogP contribution is -2.49. The molecule has 1 amide bonds. The maximum atomic E-state index is 13.0. The standard InChI is InChI=1S/C11H15F2N3O2S/c12-11(13)3-1-6(2-4-11)15-8(17)7-5-14-10(19)16-9(7)18/h6,15,17H,1-5H2,(H2,14,16,18,19). The highest BCUT2D eigenvalue weighted by Crippen LogP contribution is 2.33. The lowest BCUT2D eigenvalue weighted by Gasteiger charge is -2.30. The number of hydrogen-bond acceptors (Lipinski definition) is 4. The fourth-order valence-electron chi connectivity index (χ4n) is 2.13. The molecule has 0 unspecified atom stereocenters. The summed E-state index contributed by atoms with van der Waals surface area (Å²) in [5.41, 5.74) is 0.130. The third-order valence-corrected chi connectivity index (χ3v) is 3.52. The molecule has 1 aliphatic heterocycles. The summed E-state index contributed by atoms with van der Waals surface area (Å²) in [5.74, 6) is -3.37. The quantitative estimate of drug-likeness (QED) is 0.346. The van der Waals surface area contributed by atoms with Crippen molar-refractivity contribution >= 4 is 23.2 Å². The van der Waals surface area contributed by atoms with Crippen LogP contribution in [0.3, 0.4) is 0 Å². The van der Waals surface area contributed by atoms with E-state index >= 15 is 0 Å². The van der Waals surface area contributed by atoms with Crippen LogP contribution in [0.15, 0.2) is 11.5 Å². The van der Waals surface area contributed by atoms with E-state index in [9.17, 15) is 18.7 Å². The molecule has 2 rings (SSSR count). The Labute approximate surface area is 114 Å². The minimum absolute atomic E-state index is 0.117. The molecule has 1 heterocycles. The van der Waals surface area contributed by atoms with Crippen LogP contribution in [-0.2, 0) is 4.79 Å². The number of hydrogen-bond donors (Lipinski definition) is 4. The van der Waals surface area contributed by atoms with Crippen LogP contribution in [0.2, 0.25) is 0 Å². The summed E-state index contributed by atoms with van der Waals surface area (Å²) in [4.78, 5) is 11.6. The van der Waals surface area contributed by atoms with Gasteiger partial charge in [0.2, 0.25) is 5.92 Å². The van der Waals surface area contributed by atoms with E-state index in [1.807, 2.05) is 0 Å². The zero-order chi connectivity index (χ0) is 14.0. The number of aliphatic hydroxyl groups excluding tert-OH is 1. The second kappa shape index (κ2) is 5.28. The van der Waals surface area contributed by atoms with Crippen LogP contribution in [0.4, 0.5) is 8.78 Å². The van der Waals surface area contributed by atoms with Gasteiger partial charge < -0.3 is 15.7 Å². The van der Waals surface area contributed by atoms with E-state index in [0.29, 0.717) is 0 Å². The van der Waals surface area contributed by atoms with Crippen LogP contribution in [-0.4, -0.2) is 34.6 Å². The van der Waals surface area contributed by atoms with Crippen molar-refractivity contribution in [2.24, 2.45) is 0 Å². The zero-order valence-electron chi connectivity index (χ0n) is 10.1. The SMILES string of the molecule is O=C1NC(=S)NCC1=C(O)NC1CCC(F)(F)CC1. The van der Waals surface area contributed by atoms with Crippen LogP contribution >= 0.6 is 12.2 Å². The Morgan fingerprint density at radius 1 is 1.42 bits per heavy atom. The minimum atomic E-state index is -2.61. The van der Waals surface area contributed by atoms with Gasteiger partial charge in [0, 0.05) is 18.9 Å². The molecule has 2 aliphatic rings. The highest BCUT2D eigenvalue weighted by molar-refractivity contribution is 7.80. The van der Waals surface area contributed by atoms with E-state index in [0.717, 1.165) is 0 Å². The molecule has 0 aromatic carbocycles. The van der Waals surface area contributed by atoms with Crippen molar-refractivity contribution in [3.63, 3.8) is 0 Å². The first-order valence-electron chi connectivity index (χ1n) is 6.03. The fourth-order valence-corrected chi connectivity index (χ4v) is 2.29. The Balaban J connectivity index is 1.95. The van der Waals surface area contributed by atoms with E-state index in [2.05, 4.69) is 16.0 Å². The summed E-state index contributed by atoms with van der Waals surface area (Å²) in [6.07, 6.45) is 0.110. The number of rotatable bonds is 2. The first kappa shape index (κ1) is 14.0. The average Bonchev–Trinajstić information content (AvgIpc) is 2.31. The normalized spacial score (nSPS) is 26.4.